The number of aryl methyl sites for hydroxylation is 2. The van der Waals surface area contributed by atoms with Crippen LogP contribution in [0.1, 0.15) is 47.9 Å². The molecule has 2 fully saturated rings. The molecular weight excluding hydrogens is 294 g/mol. The summed E-state index contributed by atoms with van der Waals surface area (Å²) in [5, 5.41) is 14.6. The summed E-state index contributed by atoms with van der Waals surface area (Å²) in [5.74, 6) is 0.0599. The molecule has 0 radical (unpaired) electrons. The zero-order valence-corrected chi connectivity index (χ0v) is 14.5. The number of aliphatic hydroxyl groups excluding tert-OH is 1. The number of rotatable bonds is 3. The summed E-state index contributed by atoms with van der Waals surface area (Å²) in [5.41, 5.74) is 2.26. The number of ether oxygens (including phenoxy) is 1. The molecule has 1 amide bonds. The molecule has 2 heterocycles. The van der Waals surface area contributed by atoms with Crippen LogP contribution in [0.5, 0.6) is 0 Å². The van der Waals surface area contributed by atoms with Gasteiger partial charge >= 0.3 is 0 Å². The van der Waals surface area contributed by atoms with Crippen LogP contribution in [-0.2, 0) is 11.8 Å². The summed E-state index contributed by atoms with van der Waals surface area (Å²) in [4.78, 5) is 14.7. The average Bonchev–Trinajstić information content (AvgIpc) is 2.79. The van der Waals surface area contributed by atoms with Crippen molar-refractivity contribution in [3.8, 4) is 0 Å². The van der Waals surface area contributed by atoms with Gasteiger partial charge in [0.25, 0.3) is 5.91 Å². The predicted molar refractivity (Wildman–Crippen MR) is 86.3 cm³/mol. The first-order valence-corrected chi connectivity index (χ1v) is 8.50. The molecule has 3 rings (SSSR count). The normalized spacial score (nSPS) is 26.4. The Balaban J connectivity index is 1.70. The molecule has 0 unspecified atom stereocenters. The highest BCUT2D eigenvalue weighted by molar-refractivity contribution is 5.96. The Kier molecular flexibility index (Phi) is 4.23. The van der Waals surface area contributed by atoms with Gasteiger partial charge in [-0.2, -0.15) is 5.10 Å². The molecule has 128 valence electrons. The third-order valence-corrected chi connectivity index (χ3v) is 5.81. The number of aliphatic hydroxyl groups is 1. The minimum absolute atomic E-state index is 0.0599. The van der Waals surface area contributed by atoms with E-state index in [1.807, 2.05) is 32.7 Å². The Hall–Kier alpha value is -1.40. The molecule has 1 saturated heterocycles. The molecule has 0 bridgehead atoms. The number of carbonyl (C=O) groups is 1. The Bertz CT molecular complexity index is 600. The van der Waals surface area contributed by atoms with Crippen molar-refractivity contribution >= 4 is 5.91 Å². The van der Waals surface area contributed by atoms with E-state index in [0.717, 1.165) is 36.2 Å². The molecule has 1 aliphatic carbocycles. The number of aromatic nitrogens is 2. The SMILES string of the molecule is CCO[C@H]1C[C@@H](O)C12CCN(C(=O)c1c(C)nn(C)c1C)CC2. The van der Waals surface area contributed by atoms with E-state index in [1.54, 1.807) is 4.68 Å². The van der Waals surface area contributed by atoms with Gasteiger partial charge in [-0.3, -0.25) is 9.48 Å². The summed E-state index contributed by atoms with van der Waals surface area (Å²) >= 11 is 0. The molecule has 1 N–H and O–H groups in total. The monoisotopic (exact) mass is 321 g/mol. The lowest BCUT2D eigenvalue weighted by Gasteiger charge is -2.56. The van der Waals surface area contributed by atoms with Gasteiger partial charge in [-0.15, -0.1) is 0 Å². The second-order valence-corrected chi connectivity index (χ2v) is 6.89. The fourth-order valence-electron chi connectivity index (χ4n) is 4.18. The number of amides is 1. The van der Waals surface area contributed by atoms with Crippen molar-refractivity contribution in [2.45, 2.75) is 52.2 Å². The van der Waals surface area contributed by atoms with E-state index in [2.05, 4.69) is 5.10 Å². The van der Waals surface area contributed by atoms with Crippen LogP contribution in [0.25, 0.3) is 0 Å². The van der Waals surface area contributed by atoms with Crippen molar-refractivity contribution in [2.75, 3.05) is 19.7 Å². The largest absolute Gasteiger partial charge is 0.392 e. The van der Waals surface area contributed by atoms with Crippen molar-refractivity contribution in [2.24, 2.45) is 12.5 Å². The molecule has 0 aromatic carbocycles. The molecule has 1 saturated carbocycles. The zero-order valence-electron chi connectivity index (χ0n) is 14.5. The van der Waals surface area contributed by atoms with Crippen LogP contribution >= 0.6 is 0 Å². The molecular formula is C17H27N3O3. The second-order valence-electron chi connectivity index (χ2n) is 6.89. The number of hydrogen-bond acceptors (Lipinski definition) is 4. The standard InChI is InChI=1S/C17H27N3O3/c1-5-23-14-10-13(21)17(14)6-8-20(9-7-17)16(22)15-11(2)18-19(4)12(15)3/h13-14,21H,5-10H2,1-4H3/t13-,14+/m1/s1. The fourth-order valence-corrected chi connectivity index (χ4v) is 4.18. The third kappa shape index (κ3) is 2.48. The highest BCUT2D eigenvalue weighted by Gasteiger charge is 2.56. The lowest BCUT2D eigenvalue weighted by Crippen LogP contribution is -2.62. The van der Waals surface area contributed by atoms with E-state index < -0.39 is 0 Å². The first kappa shape index (κ1) is 16.5. The highest BCUT2D eigenvalue weighted by Crippen LogP contribution is 2.51. The third-order valence-electron chi connectivity index (χ3n) is 5.81. The number of nitrogens with zero attached hydrogens (tertiary/aromatic N) is 3. The topological polar surface area (TPSA) is 67.6 Å². The first-order chi connectivity index (χ1) is 10.9. The van der Waals surface area contributed by atoms with Crippen molar-refractivity contribution in [3.63, 3.8) is 0 Å². The number of piperidine rings is 1. The maximum absolute atomic E-state index is 12.8. The molecule has 23 heavy (non-hydrogen) atoms. The Morgan fingerprint density at radius 3 is 2.52 bits per heavy atom. The molecule has 1 spiro atoms. The maximum Gasteiger partial charge on any atom is 0.257 e. The van der Waals surface area contributed by atoms with E-state index in [1.165, 1.54) is 0 Å². The van der Waals surface area contributed by atoms with Crippen LogP contribution in [0, 0.1) is 19.3 Å². The lowest BCUT2D eigenvalue weighted by molar-refractivity contribution is -0.207. The predicted octanol–water partition coefficient (Wildman–Crippen LogP) is 1.43. The Morgan fingerprint density at radius 2 is 2.04 bits per heavy atom. The summed E-state index contributed by atoms with van der Waals surface area (Å²) in [6.07, 6.45) is 2.19. The van der Waals surface area contributed by atoms with Crippen molar-refractivity contribution in [3.05, 3.63) is 17.0 Å². The molecule has 2 aliphatic rings. The summed E-state index contributed by atoms with van der Waals surface area (Å²) in [6, 6.07) is 0. The van der Waals surface area contributed by atoms with Gasteiger partial charge in [-0.1, -0.05) is 0 Å². The molecule has 6 nitrogen and oxygen atoms in total. The van der Waals surface area contributed by atoms with Gasteiger partial charge in [0.15, 0.2) is 0 Å². The molecule has 1 aliphatic heterocycles. The van der Waals surface area contributed by atoms with Crippen LogP contribution in [0.15, 0.2) is 0 Å². The van der Waals surface area contributed by atoms with Gasteiger partial charge in [0.1, 0.15) is 0 Å². The van der Waals surface area contributed by atoms with Gasteiger partial charge in [0.05, 0.1) is 23.5 Å². The molecule has 1 aromatic rings. The van der Waals surface area contributed by atoms with Gasteiger partial charge in [-0.25, -0.2) is 0 Å². The van der Waals surface area contributed by atoms with Crippen molar-refractivity contribution < 1.29 is 14.6 Å². The number of likely N-dealkylation sites (tertiary alicyclic amines) is 1. The lowest BCUT2D eigenvalue weighted by atomic mass is 9.58. The number of carbonyl (C=O) groups excluding carboxylic acids is 1. The van der Waals surface area contributed by atoms with E-state index in [4.69, 9.17) is 4.74 Å². The second kappa shape index (κ2) is 5.91. The molecule has 6 heteroatoms. The average molecular weight is 321 g/mol. The van der Waals surface area contributed by atoms with Crippen LogP contribution < -0.4 is 0 Å². The van der Waals surface area contributed by atoms with Crippen LogP contribution in [0.3, 0.4) is 0 Å². The minimum Gasteiger partial charge on any atom is -0.392 e. The van der Waals surface area contributed by atoms with Crippen LogP contribution in [0.4, 0.5) is 0 Å². The quantitative estimate of drug-likeness (QED) is 0.914. The summed E-state index contributed by atoms with van der Waals surface area (Å²) < 4.78 is 7.55. The van der Waals surface area contributed by atoms with Gasteiger partial charge in [0.2, 0.25) is 0 Å². The minimum atomic E-state index is -0.293. The Morgan fingerprint density at radius 1 is 1.39 bits per heavy atom. The van der Waals surface area contributed by atoms with E-state index in [-0.39, 0.29) is 23.5 Å². The first-order valence-electron chi connectivity index (χ1n) is 8.50. The maximum atomic E-state index is 12.8. The fraction of sp³-hybridized carbons (Fsp3) is 0.765. The van der Waals surface area contributed by atoms with Crippen molar-refractivity contribution in [1.82, 2.24) is 14.7 Å². The molecule has 1 aromatic heterocycles. The highest BCUT2D eigenvalue weighted by atomic mass is 16.5. The van der Waals surface area contributed by atoms with E-state index >= 15 is 0 Å². The number of hydrogen-bond donors (Lipinski definition) is 1. The summed E-state index contributed by atoms with van der Waals surface area (Å²) in [7, 11) is 1.86. The van der Waals surface area contributed by atoms with Crippen LogP contribution in [0.2, 0.25) is 0 Å². The molecule has 2 atom stereocenters. The van der Waals surface area contributed by atoms with E-state index in [9.17, 15) is 9.90 Å². The van der Waals surface area contributed by atoms with E-state index in [0.29, 0.717) is 19.7 Å². The smallest absolute Gasteiger partial charge is 0.257 e. The Labute approximate surface area is 137 Å². The van der Waals surface area contributed by atoms with Crippen molar-refractivity contribution in [1.29, 1.82) is 0 Å². The van der Waals surface area contributed by atoms with Gasteiger partial charge in [-0.05, 0) is 33.6 Å². The van der Waals surface area contributed by atoms with Gasteiger partial charge < -0.3 is 14.7 Å². The summed E-state index contributed by atoms with van der Waals surface area (Å²) in [6.45, 7) is 7.83. The van der Waals surface area contributed by atoms with Gasteiger partial charge in [0, 0.05) is 44.3 Å². The zero-order chi connectivity index (χ0) is 16.8. The van der Waals surface area contributed by atoms with Crippen LogP contribution in [-0.4, -0.2) is 57.6 Å².